The second kappa shape index (κ2) is 12.2. The van der Waals surface area contributed by atoms with Crippen molar-refractivity contribution in [1.29, 1.82) is 0 Å². The van der Waals surface area contributed by atoms with Gasteiger partial charge in [-0.3, -0.25) is 0 Å². The Morgan fingerprint density at radius 3 is 2.15 bits per heavy atom. The minimum Gasteiger partial charge on any atom is -0.0988 e. The Balaban J connectivity index is 2.83. The lowest BCUT2D eigenvalue weighted by molar-refractivity contribution is 0.603. The first-order chi connectivity index (χ1) is 6.41. The van der Waals surface area contributed by atoms with Crippen LogP contribution in [0.3, 0.4) is 0 Å². The first-order valence-electron chi connectivity index (χ1n) is 5.76. The van der Waals surface area contributed by atoms with Crippen molar-refractivity contribution in [3.05, 3.63) is 11.9 Å². The van der Waals surface area contributed by atoms with Gasteiger partial charge in [0.05, 0.1) is 0 Å². The molecule has 0 saturated carbocycles. The van der Waals surface area contributed by atoms with Crippen molar-refractivity contribution in [1.82, 2.24) is 0 Å². The molecule has 0 amide bonds. The number of hydrogen-bond acceptors (Lipinski definition) is 0. The highest BCUT2D eigenvalue weighted by Gasteiger charge is 1.89. The molecular formula is C12H25P. The van der Waals surface area contributed by atoms with E-state index in [-0.39, 0.29) is 0 Å². The molecule has 0 radical (unpaired) electrons. The first-order valence-corrected chi connectivity index (χ1v) is 7.04. The summed E-state index contributed by atoms with van der Waals surface area (Å²) in [5.74, 6) is 2.30. The van der Waals surface area contributed by atoms with Crippen LogP contribution in [0.25, 0.3) is 0 Å². The van der Waals surface area contributed by atoms with Gasteiger partial charge < -0.3 is 0 Å². The van der Waals surface area contributed by atoms with Crippen LogP contribution >= 0.6 is 8.58 Å². The molecule has 0 rings (SSSR count). The van der Waals surface area contributed by atoms with Crippen LogP contribution in [0.2, 0.25) is 0 Å². The molecule has 0 bridgehead atoms. The van der Waals surface area contributed by atoms with Crippen molar-refractivity contribution in [3.8, 4) is 0 Å². The van der Waals surface area contributed by atoms with Crippen molar-refractivity contribution < 1.29 is 0 Å². The van der Waals surface area contributed by atoms with Gasteiger partial charge in [-0.1, -0.05) is 65.9 Å². The van der Waals surface area contributed by atoms with Gasteiger partial charge >= 0.3 is 0 Å². The highest BCUT2D eigenvalue weighted by Crippen LogP contribution is 2.15. The van der Waals surface area contributed by atoms with Gasteiger partial charge in [-0.15, -0.1) is 0 Å². The molecule has 0 aromatic heterocycles. The molecule has 0 nitrogen and oxygen atoms in total. The van der Waals surface area contributed by atoms with Crippen LogP contribution < -0.4 is 0 Å². The summed E-state index contributed by atoms with van der Waals surface area (Å²) in [5, 5.41) is 0. The third-order valence-electron chi connectivity index (χ3n) is 2.21. The summed E-state index contributed by atoms with van der Waals surface area (Å²) in [6.07, 6.45) is 13.6. The normalized spacial score (nSPS) is 12.2. The third-order valence-corrected chi connectivity index (χ3v) is 3.42. The Bertz CT molecular complexity index is 108. The van der Waals surface area contributed by atoms with E-state index in [0.717, 1.165) is 8.58 Å². The second-order valence-corrected chi connectivity index (χ2v) is 4.82. The number of rotatable bonds is 9. The minimum atomic E-state index is 1.06. The van der Waals surface area contributed by atoms with E-state index in [4.69, 9.17) is 0 Å². The summed E-state index contributed by atoms with van der Waals surface area (Å²) < 4.78 is 0. The molecule has 0 N–H and O–H groups in total. The molecule has 0 aliphatic heterocycles. The summed E-state index contributed by atoms with van der Waals surface area (Å²) in [6.45, 7) is 4.38. The molecule has 0 aromatic carbocycles. The molecule has 1 atom stereocenters. The SMILES string of the molecule is CC=CPCCCCCCCCC. The Morgan fingerprint density at radius 2 is 1.54 bits per heavy atom. The number of hydrogen-bond donors (Lipinski definition) is 0. The highest BCUT2D eigenvalue weighted by molar-refractivity contribution is 7.41. The largest absolute Gasteiger partial charge is 0.0988 e. The average Bonchev–Trinajstić information content (AvgIpc) is 2.16. The summed E-state index contributed by atoms with van der Waals surface area (Å²) in [4.78, 5) is 0. The van der Waals surface area contributed by atoms with E-state index in [1.54, 1.807) is 0 Å². The van der Waals surface area contributed by atoms with E-state index in [2.05, 4.69) is 25.7 Å². The van der Waals surface area contributed by atoms with Gasteiger partial charge in [-0.25, -0.2) is 0 Å². The molecule has 0 spiro atoms. The van der Waals surface area contributed by atoms with Crippen molar-refractivity contribution in [3.63, 3.8) is 0 Å². The lowest BCUT2D eigenvalue weighted by atomic mass is 10.1. The Morgan fingerprint density at radius 1 is 0.923 bits per heavy atom. The summed E-state index contributed by atoms with van der Waals surface area (Å²) >= 11 is 0. The molecule has 78 valence electrons. The van der Waals surface area contributed by atoms with Crippen LogP contribution in [0.15, 0.2) is 11.9 Å². The molecule has 1 unspecified atom stereocenters. The third kappa shape index (κ3) is 12.2. The zero-order valence-electron chi connectivity index (χ0n) is 9.31. The van der Waals surface area contributed by atoms with Crippen LogP contribution in [0.4, 0.5) is 0 Å². The Hall–Kier alpha value is 0.170. The number of unbranched alkanes of at least 4 members (excludes halogenated alkanes) is 6. The molecule has 0 heterocycles. The first kappa shape index (κ1) is 13.2. The van der Waals surface area contributed by atoms with E-state index in [0.29, 0.717) is 0 Å². The van der Waals surface area contributed by atoms with Gasteiger partial charge in [0.1, 0.15) is 0 Å². The van der Waals surface area contributed by atoms with Crippen LogP contribution in [0.5, 0.6) is 0 Å². The van der Waals surface area contributed by atoms with Gasteiger partial charge in [-0.05, 0) is 19.5 Å². The maximum absolute atomic E-state index is 2.30. The van der Waals surface area contributed by atoms with Gasteiger partial charge in [0, 0.05) is 0 Å². The molecule has 13 heavy (non-hydrogen) atoms. The van der Waals surface area contributed by atoms with E-state index in [1.165, 1.54) is 51.1 Å². The minimum absolute atomic E-state index is 1.06. The molecule has 1 heteroatoms. The standard InChI is InChI=1S/C12H25P/c1-3-5-6-7-8-9-10-12-13-11-4-2/h4,11,13H,3,5-10,12H2,1-2H3. The quantitative estimate of drug-likeness (QED) is 0.365. The monoisotopic (exact) mass is 200 g/mol. The zero-order valence-corrected chi connectivity index (χ0v) is 10.3. The average molecular weight is 200 g/mol. The molecule has 0 aromatic rings. The van der Waals surface area contributed by atoms with E-state index < -0.39 is 0 Å². The van der Waals surface area contributed by atoms with E-state index in [1.807, 2.05) is 0 Å². The summed E-state index contributed by atoms with van der Waals surface area (Å²) in [5.41, 5.74) is 0. The van der Waals surface area contributed by atoms with Crippen LogP contribution in [0, 0.1) is 0 Å². The van der Waals surface area contributed by atoms with E-state index >= 15 is 0 Å². The fraction of sp³-hybridized carbons (Fsp3) is 0.833. The van der Waals surface area contributed by atoms with Crippen molar-refractivity contribution >= 4 is 8.58 Å². The van der Waals surface area contributed by atoms with Gasteiger partial charge in [-0.2, -0.15) is 0 Å². The van der Waals surface area contributed by atoms with Crippen molar-refractivity contribution in [2.24, 2.45) is 0 Å². The fourth-order valence-electron chi connectivity index (χ4n) is 1.39. The predicted molar refractivity (Wildman–Crippen MR) is 66.0 cm³/mol. The van der Waals surface area contributed by atoms with Crippen LogP contribution in [0.1, 0.15) is 58.8 Å². The van der Waals surface area contributed by atoms with Gasteiger partial charge in [0.25, 0.3) is 0 Å². The zero-order chi connectivity index (χ0) is 9.78. The van der Waals surface area contributed by atoms with Crippen LogP contribution in [-0.2, 0) is 0 Å². The highest BCUT2D eigenvalue weighted by atomic mass is 31.1. The number of allylic oxidation sites excluding steroid dienone is 1. The van der Waals surface area contributed by atoms with E-state index in [9.17, 15) is 0 Å². The molecule has 0 aliphatic rings. The lowest BCUT2D eigenvalue weighted by Gasteiger charge is -1.99. The van der Waals surface area contributed by atoms with Gasteiger partial charge in [0.2, 0.25) is 0 Å². The lowest BCUT2D eigenvalue weighted by Crippen LogP contribution is -1.80. The Kier molecular flexibility index (Phi) is 12.3. The van der Waals surface area contributed by atoms with Crippen LogP contribution in [-0.4, -0.2) is 6.16 Å². The maximum Gasteiger partial charge on any atom is -0.0319 e. The molecule has 0 saturated heterocycles. The predicted octanol–water partition coefficient (Wildman–Crippen LogP) is 4.95. The topological polar surface area (TPSA) is 0 Å². The molecule has 0 fully saturated rings. The van der Waals surface area contributed by atoms with Gasteiger partial charge in [0.15, 0.2) is 0 Å². The smallest absolute Gasteiger partial charge is 0.0319 e. The summed E-state index contributed by atoms with van der Waals surface area (Å²) in [6, 6.07) is 0. The fourth-order valence-corrected chi connectivity index (χ4v) is 2.24. The van der Waals surface area contributed by atoms with Crippen molar-refractivity contribution in [2.45, 2.75) is 58.8 Å². The molecule has 0 aliphatic carbocycles. The maximum atomic E-state index is 2.30. The second-order valence-electron chi connectivity index (χ2n) is 3.58. The Labute approximate surface area is 86.0 Å². The van der Waals surface area contributed by atoms with Crippen molar-refractivity contribution in [2.75, 3.05) is 6.16 Å². The summed E-state index contributed by atoms with van der Waals surface area (Å²) in [7, 11) is 1.06. The molecular weight excluding hydrogens is 175 g/mol.